The number of fused-ring (bicyclic) bond motifs is 1. The standard InChI is InChI=1S/C17H18FNO3S/c1-11-3-5-15-14(9-11)16(20)7-8-19(15)23(21,22)17-6-4-13(18)10-12(17)2/h3-6,9-10,16,20H,7-8H2,1-2H3. The van der Waals surface area contributed by atoms with Crippen LogP contribution in [0.4, 0.5) is 10.1 Å². The predicted octanol–water partition coefficient (Wildman–Crippen LogP) is 3.07. The molecule has 23 heavy (non-hydrogen) atoms. The van der Waals surface area contributed by atoms with Crippen LogP contribution in [0.3, 0.4) is 0 Å². The first kappa shape index (κ1) is 16.0. The highest BCUT2D eigenvalue weighted by Crippen LogP contribution is 2.38. The lowest BCUT2D eigenvalue weighted by Gasteiger charge is -2.33. The number of aliphatic hydroxyl groups is 1. The average molecular weight is 335 g/mol. The number of rotatable bonds is 2. The van der Waals surface area contributed by atoms with Crippen molar-refractivity contribution in [1.82, 2.24) is 0 Å². The molecule has 0 saturated heterocycles. The van der Waals surface area contributed by atoms with Gasteiger partial charge in [0.15, 0.2) is 0 Å². The van der Waals surface area contributed by atoms with Gasteiger partial charge in [-0.15, -0.1) is 0 Å². The normalized spacial score (nSPS) is 17.9. The van der Waals surface area contributed by atoms with E-state index in [1.807, 2.05) is 13.0 Å². The third-order valence-corrected chi connectivity index (χ3v) is 6.09. The maximum Gasteiger partial charge on any atom is 0.264 e. The van der Waals surface area contributed by atoms with Gasteiger partial charge in [0.1, 0.15) is 5.82 Å². The molecule has 1 aliphatic heterocycles. The fourth-order valence-corrected chi connectivity index (χ4v) is 4.67. The summed E-state index contributed by atoms with van der Waals surface area (Å²) in [6.07, 6.45) is -0.346. The minimum absolute atomic E-state index is 0.0850. The highest BCUT2D eigenvalue weighted by Gasteiger charge is 2.33. The van der Waals surface area contributed by atoms with Crippen LogP contribution < -0.4 is 4.31 Å². The number of sulfonamides is 1. The summed E-state index contributed by atoms with van der Waals surface area (Å²) < 4.78 is 40.6. The highest BCUT2D eigenvalue weighted by atomic mass is 32.2. The second kappa shape index (κ2) is 5.62. The zero-order valence-electron chi connectivity index (χ0n) is 13.0. The molecule has 0 spiro atoms. The van der Waals surface area contributed by atoms with Crippen LogP contribution in [0.2, 0.25) is 0 Å². The average Bonchev–Trinajstić information content (AvgIpc) is 2.47. The Morgan fingerprint density at radius 2 is 1.91 bits per heavy atom. The summed E-state index contributed by atoms with van der Waals surface area (Å²) >= 11 is 0. The molecule has 0 bridgehead atoms. The van der Waals surface area contributed by atoms with Crippen molar-refractivity contribution >= 4 is 15.7 Å². The Hall–Kier alpha value is -1.92. The van der Waals surface area contributed by atoms with Crippen molar-refractivity contribution in [3.63, 3.8) is 0 Å². The molecule has 1 aliphatic rings. The van der Waals surface area contributed by atoms with E-state index in [0.717, 1.165) is 11.6 Å². The van der Waals surface area contributed by atoms with Gasteiger partial charge in [-0.05, 0) is 50.1 Å². The lowest BCUT2D eigenvalue weighted by Crippen LogP contribution is -2.37. The van der Waals surface area contributed by atoms with E-state index >= 15 is 0 Å². The summed E-state index contributed by atoms with van der Waals surface area (Å²) in [7, 11) is -3.80. The van der Waals surface area contributed by atoms with Crippen LogP contribution in [0.25, 0.3) is 0 Å². The maximum atomic E-state index is 13.3. The van der Waals surface area contributed by atoms with Crippen LogP contribution in [0.5, 0.6) is 0 Å². The van der Waals surface area contributed by atoms with Gasteiger partial charge in [0.05, 0.1) is 16.7 Å². The van der Waals surface area contributed by atoms with Crippen LogP contribution in [0.15, 0.2) is 41.3 Å². The lowest BCUT2D eigenvalue weighted by molar-refractivity contribution is 0.166. The zero-order valence-corrected chi connectivity index (χ0v) is 13.8. The number of hydrogen-bond donors (Lipinski definition) is 1. The molecule has 3 rings (SSSR count). The fourth-order valence-electron chi connectivity index (χ4n) is 2.95. The summed E-state index contributed by atoms with van der Waals surface area (Å²) in [6.45, 7) is 3.66. The Bertz CT molecular complexity index is 864. The third kappa shape index (κ3) is 2.72. The first-order chi connectivity index (χ1) is 10.8. The largest absolute Gasteiger partial charge is 0.388 e. The molecular formula is C17H18FNO3S. The number of anilines is 1. The molecule has 0 fully saturated rings. The van der Waals surface area contributed by atoms with Crippen molar-refractivity contribution in [1.29, 1.82) is 0 Å². The lowest BCUT2D eigenvalue weighted by atomic mass is 9.99. The Labute approximate surface area is 135 Å². The summed E-state index contributed by atoms with van der Waals surface area (Å²) in [5.74, 6) is -0.466. The van der Waals surface area contributed by atoms with Gasteiger partial charge in [-0.2, -0.15) is 0 Å². The molecule has 0 saturated carbocycles. The molecule has 0 aromatic heterocycles. The van der Waals surface area contributed by atoms with Gasteiger partial charge in [0.2, 0.25) is 0 Å². The monoisotopic (exact) mass is 335 g/mol. The fraction of sp³-hybridized carbons (Fsp3) is 0.294. The van der Waals surface area contributed by atoms with Crippen molar-refractivity contribution < 1.29 is 17.9 Å². The van der Waals surface area contributed by atoms with E-state index in [0.29, 0.717) is 23.2 Å². The number of hydrogen-bond acceptors (Lipinski definition) is 3. The number of halogens is 1. The molecule has 6 heteroatoms. The quantitative estimate of drug-likeness (QED) is 0.917. The van der Waals surface area contributed by atoms with Crippen molar-refractivity contribution in [2.75, 3.05) is 10.8 Å². The van der Waals surface area contributed by atoms with Crippen LogP contribution in [-0.4, -0.2) is 20.1 Å². The maximum absolute atomic E-state index is 13.3. The van der Waals surface area contributed by atoms with E-state index in [-0.39, 0.29) is 11.4 Å². The molecule has 0 radical (unpaired) electrons. The number of nitrogens with zero attached hydrogens (tertiary/aromatic N) is 1. The molecule has 4 nitrogen and oxygen atoms in total. The first-order valence-electron chi connectivity index (χ1n) is 7.38. The van der Waals surface area contributed by atoms with Crippen molar-refractivity contribution in [3.05, 3.63) is 58.9 Å². The van der Waals surface area contributed by atoms with E-state index in [4.69, 9.17) is 0 Å². The summed E-state index contributed by atoms with van der Waals surface area (Å²) in [5.41, 5.74) is 2.42. The van der Waals surface area contributed by atoms with Crippen LogP contribution >= 0.6 is 0 Å². The van der Waals surface area contributed by atoms with Gasteiger partial charge in [-0.3, -0.25) is 4.31 Å². The van der Waals surface area contributed by atoms with Gasteiger partial charge in [0, 0.05) is 12.1 Å². The molecule has 1 heterocycles. The Balaban J connectivity index is 2.13. The van der Waals surface area contributed by atoms with Crippen molar-refractivity contribution in [2.45, 2.75) is 31.3 Å². The third-order valence-electron chi connectivity index (χ3n) is 4.12. The smallest absolute Gasteiger partial charge is 0.264 e. The van der Waals surface area contributed by atoms with Crippen LogP contribution in [0, 0.1) is 19.7 Å². The Kier molecular flexibility index (Phi) is 3.90. The van der Waals surface area contributed by atoms with Gasteiger partial charge >= 0.3 is 0 Å². The van der Waals surface area contributed by atoms with Gasteiger partial charge in [-0.1, -0.05) is 17.7 Å². The van der Waals surface area contributed by atoms with Gasteiger partial charge in [-0.25, -0.2) is 12.8 Å². The number of aliphatic hydroxyl groups excluding tert-OH is 1. The summed E-state index contributed by atoms with van der Waals surface area (Å²) in [4.78, 5) is 0.0850. The van der Waals surface area contributed by atoms with Crippen LogP contribution in [0.1, 0.15) is 29.2 Å². The van der Waals surface area contributed by atoms with Gasteiger partial charge < -0.3 is 5.11 Å². The SMILES string of the molecule is Cc1ccc2c(c1)C(O)CCN2S(=O)(=O)c1ccc(F)cc1C. The summed E-state index contributed by atoms with van der Waals surface area (Å²) in [6, 6.07) is 8.98. The number of benzene rings is 2. The molecule has 1 atom stereocenters. The molecule has 2 aromatic carbocycles. The van der Waals surface area contributed by atoms with Crippen molar-refractivity contribution in [3.8, 4) is 0 Å². The zero-order chi connectivity index (χ0) is 16.8. The van der Waals surface area contributed by atoms with E-state index < -0.39 is 21.9 Å². The first-order valence-corrected chi connectivity index (χ1v) is 8.82. The van der Waals surface area contributed by atoms with Crippen LogP contribution in [-0.2, 0) is 10.0 Å². The molecule has 0 aliphatic carbocycles. The molecular weight excluding hydrogens is 317 g/mol. The van der Waals surface area contributed by atoms with Crippen molar-refractivity contribution in [2.24, 2.45) is 0 Å². The summed E-state index contributed by atoms with van der Waals surface area (Å²) in [5, 5.41) is 10.2. The second-order valence-electron chi connectivity index (χ2n) is 5.85. The molecule has 2 aromatic rings. The topological polar surface area (TPSA) is 57.6 Å². The minimum atomic E-state index is -3.80. The van der Waals surface area contributed by atoms with E-state index in [9.17, 15) is 17.9 Å². The minimum Gasteiger partial charge on any atom is -0.388 e. The highest BCUT2D eigenvalue weighted by molar-refractivity contribution is 7.92. The molecule has 122 valence electrons. The van der Waals surface area contributed by atoms with E-state index in [1.165, 1.54) is 16.4 Å². The Morgan fingerprint density at radius 3 is 2.61 bits per heavy atom. The Morgan fingerprint density at radius 1 is 1.17 bits per heavy atom. The molecule has 0 amide bonds. The number of aryl methyl sites for hydroxylation is 2. The molecule has 1 N–H and O–H groups in total. The predicted molar refractivity (Wildman–Crippen MR) is 86.4 cm³/mol. The van der Waals surface area contributed by atoms with E-state index in [2.05, 4.69) is 0 Å². The molecule has 1 unspecified atom stereocenters. The van der Waals surface area contributed by atoms with Gasteiger partial charge in [0.25, 0.3) is 10.0 Å². The second-order valence-corrected chi connectivity index (χ2v) is 7.68. The van der Waals surface area contributed by atoms with E-state index in [1.54, 1.807) is 19.1 Å².